The lowest BCUT2D eigenvalue weighted by Gasteiger charge is -2.18. The van der Waals surface area contributed by atoms with Gasteiger partial charge in [-0.05, 0) is 12.5 Å². The molecule has 0 spiro atoms. The van der Waals surface area contributed by atoms with E-state index in [9.17, 15) is 5.11 Å². The van der Waals surface area contributed by atoms with Gasteiger partial charge in [-0.1, -0.05) is 5.16 Å². The SMILES string of the molecule is N/C(=N/O)c1ccnnc1N1CCC(O)C1. The zero-order valence-corrected chi connectivity index (χ0v) is 8.61. The van der Waals surface area contributed by atoms with Crippen molar-refractivity contribution in [1.82, 2.24) is 10.2 Å². The van der Waals surface area contributed by atoms with Crippen LogP contribution in [0.2, 0.25) is 0 Å². The van der Waals surface area contributed by atoms with E-state index in [2.05, 4.69) is 15.4 Å². The number of hydrogen-bond acceptors (Lipinski definition) is 6. The second kappa shape index (κ2) is 4.31. The number of nitrogens with zero attached hydrogens (tertiary/aromatic N) is 4. The summed E-state index contributed by atoms with van der Waals surface area (Å²) in [4.78, 5) is 1.87. The van der Waals surface area contributed by atoms with Crippen LogP contribution in [0.5, 0.6) is 0 Å². The molecule has 1 aromatic rings. The highest BCUT2D eigenvalue weighted by Crippen LogP contribution is 2.21. The van der Waals surface area contributed by atoms with Crippen molar-refractivity contribution in [2.75, 3.05) is 18.0 Å². The van der Waals surface area contributed by atoms with Crippen LogP contribution in [0.1, 0.15) is 12.0 Å². The highest BCUT2D eigenvalue weighted by Gasteiger charge is 2.24. The number of amidine groups is 1. The van der Waals surface area contributed by atoms with Gasteiger partial charge in [-0.2, -0.15) is 5.10 Å². The average Bonchev–Trinajstić information content (AvgIpc) is 2.75. The van der Waals surface area contributed by atoms with E-state index in [-0.39, 0.29) is 11.9 Å². The first-order valence-electron chi connectivity index (χ1n) is 4.95. The molecule has 16 heavy (non-hydrogen) atoms. The fraction of sp³-hybridized carbons (Fsp3) is 0.444. The van der Waals surface area contributed by atoms with Crippen molar-refractivity contribution in [2.45, 2.75) is 12.5 Å². The highest BCUT2D eigenvalue weighted by atomic mass is 16.4. The van der Waals surface area contributed by atoms with Crippen LogP contribution < -0.4 is 10.6 Å². The Labute approximate surface area is 92.2 Å². The molecular formula is C9H13N5O2. The van der Waals surface area contributed by atoms with Crippen LogP contribution >= 0.6 is 0 Å². The van der Waals surface area contributed by atoms with Gasteiger partial charge in [0.15, 0.2) is 11.7 Å². The first kappa shape index (κ1) is 10.6. The Balaban J connectivity index is 2.33. The number of β-amino-alcohol motifs (C(OH)–C–C–N with tert-alkyl or cyclic N) is 1. The maximum atomic E-state index is 9.45. The number of nitrogens with two attached hydrogens (primary N) is 1. The summed E-state index contributed by atoms with van der Waals surface area (Å²) < 4.78 is 0. The predicted molar refractivity (Wildman–Crippen MR) is 57.4 cm³/mol. The third-order valence-electron chi connectivity index (χ3n) is 2.55. The molecule has 2 rings (SSSR count). The Morgan fingerprint density at radius 2 is 2.44 bits per heavy atom. The van der Waals surface area contributed by atoms with Crippen LogP contribution in [0.15, 0.2) is 17.4 Å². The normalized spacial score (nSPS) is 21.4. The molecule has 2 heterocycles. The molecule has 0 saturated carbocycles. The predicted octanol–water partition coefficient (Wildman–Crippen LogP) is -0.858. The molecule has 0 amide bonds. The Kier molecular flexibility index (Phi) is 2.86. The molecule has 1 unspecified atom stereocenters. The van der Waals surface area contributed by atoms with Crippen molar-refractivity contribution in [3.8, 4) is 0 Å². The molecule has 0 bridgehead atoms. The van der Waals surface area contributed by atoms with Crippen molar-refractivity contribution in [2.24, 2.45) is 10.9 Å². The second-order valence-electron chi connectivity index (χ2n) is 3.64. The van der Waals surface area contributed by atoms with Gasteiger partial charge >= 0.3 is 0 Å². The standard InChI is InChI=1S/C9H13N5O2/c10-8(13-16)7-1-3-11-12-9(7)14-4-2-6(15)5-14/h1,3,6,15-16H,2,4-5H2,(H2,10,13). The van der Waals surface area contributed by atoms with Crippen LogP contribution in [-0.4, -0.2) is 45.5 Å². The van der Waals surface area contributed by atoms with E-state index in [0.29, 0.717) is 30.9 Å². The molecule has 86 valence electrons. The maximum absolute atomic E-state index is 9.45. The van der Waals surface area contributed by atoms with E-state index >= 15 is 0 Å². The summed E-state index contributed by atoms with van der Waals surface area (Å²) in [5.41, 5.74) is 6.06. The van der Waals surface area contributed by atoms with Crippen molar-refractivity contribution >= 4 is 11.7 Å². The van der Waals surface area contributed by atoms with E-state index in [1.165, 1.54) is 6.20 Å². The molecule has 1 atom stereocenters. The summed E-state index contributed by atoms with van der Waals surface area (Å²) in [5.74, 6) is 0.528. The van der Waals surface area contributed by atoms with Gasteiger partial charge in [-0.15, -0.1) is 5.10 Å². The van der Waals surface area contributed by atoms with Crippen LogP contribution in [0.4, 0.5) is 5.82 Å². The molecule has 1 saturated heterocycles. The first-order valence-corrected chi connectivity index (χ1v) is 4.95. The number of anilines is 1. The quantitative estimate of drug-likeness (QED) is 0.261. The van der Waals surface area contributed by atoms with Gasteiger partial charge in [0.1, 0.15) is 0 Å². The fourth-order valence-corrected chi connectivity index (χ4v) is 1.75. The minimum atomic E-state index is -0.359. The Morgan fingerprint density at radius 1 is 1.62 bits per heavy atom. The molecule has 1 fully saturated rings. The summed E-state index contributed by atoms with van der Waals surface area (Å²) >= 11 is 0. The van der Waals surface area contributed by atoms with Gasteiger partial charge in [0.25, 0.3) is 0 Å². The fourth-order valence-electron chi connectivity index (χ4n) is 1.75. The zero-order chi connectivity index (χ0) is 11.5. The molecule has 1 aromatic heterocycles. The van der Waals surface area contributed by atoms with Crippen molar-refractivity contribution in [1.29, 1.82) is 0 Å². The van der Waals surface area contributed by atoms with Gasteiger partial charge in [0.05, 0.1) is 17.9 Å². The van der Waals surface area contributed by atoms with Crippen molar-refractivity contribution < 1.29 is 10.3 Å². The third kappa shape index (κ3) is 1.89. The molecule has 1 aliphatic heterocycles. The summed E-state index contributed by atoms with van der Waals surface area (Å²) in [6.45, 7) is 1.18. The number of aromatic nitrogens is 2. The van der Waals surface area contributed by atoms with Crippen LogP contribution in [-0.2, 0) is 0 Å². The lowest BCUT2D eigenvalue weighted by Crippen LogP contribution is -2.27. The smallest absolute Gasteiger partial charge is 0.173 e. The monoisotopic (exact) mass is 223 g/mol. The maximum Gasteiger partial charge on any atom is 0.173 e. The molecule has 1 aliphatic rings. The number of rotatable bonds is 2. The second-order valence-corrected chi connectivity index (χ2v) is 3.64. The van der Waals surface area contributed by atoms with Crippen molar-refractivity contribution in [3.63, 3.8) is 0 Å². The summed E-state index contributed by atoms with van der Waals surface area (Å²) in [5, 5.41) is 28.8. The lowest BCUT2D eigenvalue weighted by molar-refractivity contribution is 0.198. The lowest BCUT2D eigenvalue weighted by atomic mass is 10.2. The summed E-state index contributed by atoms with van der Waals surface area (Å²) in [7, 11) is 0. The van der Waals surface area contributed by atoms with E-state index in [1.807, 2.05) is 4.90 Å². The number of aliphatic hydroxyl groups is 1. The minimum absolute atomic E-state index is 0.00807. The van der Waals surface area contributed by atoms with Crippen LogP contribution in [0, 0.1) is 0 Å². The van der Waals surface area contributed by atoms with Gasteiger partial charge in [0, 0.05) is 13.1 Å². The van der Waals surface area contributed by atoms with Gasteiger partial charge in [-0.25, -0.2) is 0 Å². The molecule has 0 aromatic carbocycles. The van der Waals surface area contributed by atoms with Crippen LogP contribution in [0.25, 0.3) is 0 Å². The summed E-state index contributed by atoms with van der Waals surface area (Å²) in [6, 6.07) is 1.63. The largest absolute Gasteiger partial charge is 0.409 e. The summed E-state index contributed by atoms with van der Waals surface area (Å²) in [6.07, 6.45) is 1.80. The van der Waals surface area contributed by atoms with E-state index < -0.39 is 0 Å². The molecular weight excluding hydrogens is 210 g/mol. The number of aliphatic hydroxyl groups excluding tert-OH is 1. The Bertz CT molecular complexity index is 409. The van der Waals surface area contributed by atoms with E-state index in [4.69, 9.17) is 10.9 Å². The number of oxime groups is 1. The molecule has 4 N–H and O–H groups in total. The van der Waals surface area contributed by atoms with Crippen molar-refractivity contribution in [3.05, 3.63) is 17.8 Å². The zero-order valence-electron chi connectivity index (χ0n) is 8.61. The van der Waals surface area contributed by atoms with Crippen LogP contribution in [0.3, 0.4) is 0 Å². The third-order valence-corrected chi connectivity index (χ3v) is 2.55. The van der Waals surface area contributed by atoms with E-state index in [0.717, 1.165) is 0 Å². The van der Waals surface area contributed by atoms with Gasteiger partial charge in [-0.3, -0.25) is 0 Å². The molecule has 0 aliphatic carbocycles. The topological polar surface area (TPSA) is 108 Å². The molecule has 7 heteroatoms. The Morgan fingerprint density at radius 3 is 3.06 bits per heavy atom. The Hall–Kier alpha value is -1.89. The number of hydrogen-bond donors (Lipinski definition) is 3. The first-order chi connectivity index (χ1) is 7.72. The molecule has 0 radical (unpaired) electrons. The average molecular weight is 223 g/mol. The van der Waals surface area contributed by atoms with Gasteiger partial charge < -0.3 is 20.9 Å². The van der Waals surface area contributed by atoms with E-state index in [1.54, 1.807) is 6.07 Å². The minimum Gasteiger partial charge on any atom is -0.409 e. The molecule has 7 nitrogen and oxygen atoms in total. The highest BCUT2D eigenvalue weighted by molar-refractivity contribution is 6.01. The van der Waals surface area contributed by atoms with Gasteiger partial charge in [0.2, 0.25) is 0 Å².